The second-order valence-electron chi connectivity index (χ2n) is 6.23. The molecular weight excluding hydrogens is 458 g/mol. The van der Waals surface area contributed by atoms with Crippen molar-refractivity contribution < 1.29 is 9.18 Å². The molecule has 0 aliphatic carbocycles. The molecule has 0 aromatic heterocycles. The van der Waals surface area contributed by atoms with Crippen LogP contribution in [0.1, 0.15) is 16.7 Å². The van der Waals surface area contributed by atoms with Crippen LogP contribution in [-0.4, -0.2) is 25.5 Å². The summed E-state index contributed by atoms with van der Waals surface area (Å²) in [4.78, 5) is 15.9. The van der Waals surface area contributed by atoms with Crippen LogP contribution >= 0.6 is 24.0 Å². The number of halogens is 2. The fourth-order valence-corrected chi connectivity index (χ4v) is 2.63. The van der Waals surface area contributed by atoms with Crippen molar-refractivity contribution in [1.82, 2.24) is 10.6 Å². The number of benzene rings is 2. The normalized spacial score (nSPS) is 12.0. The smallest absolute Gasteiger partial charge is 0.222 e. The molecule has 1 atom stereocenters. The third-order valence-electron chi connectivity index (χ3n) is 4.08. The number of hydrogen-bond acceptors (Lipinski definition) is 2. The third-order valence-corrected chi connectivity index (χ3v) is 4.08. The molecule has 0 heterocycles. The number of nitrogens with two attached hydrogens (primary N) is 1. The molecule has 0 saturated heterocycles. The van der Waals surface area contributed by atoms with Crippen molar-refractivity contribution in [2.24, 2.45) is 16.6 Å². The van der Waals surface area contributed by atoms with E-state index < -0.39 is 11.8 Å². The van der Waals surface area contributed by atoms with Gasteiger partial charge in [0.1, 0.15) is 5.82 Å². The molecule has 0 aliphatic rings. The lowest BCUT2D eigenvalue weighted by Crippen LogP contribution is -2.42. The number of guanidine groups is 1. The number of aryl methyl sites for hydroxylation is 1. The van der Waals surface area contributed by atoms with Gasteiger partial charge < -0.3 is 16.4 Å². The molecule has 0 spiro atoms. The Balaban J connectivity index is 0.00000364. The van der Waals surface area contributed by atoms with Gasteiger partial charge in [0.2, 0.25) is 5.91 Å². The second-order valence-corrected chi connectivity index (χ2v) is 6.23. The number of carbonyl (C=O) groups excluding carboxylic acids is 1. The number of amides is 1. The van der Waals surface area contributed by atoms with Crippen LogP contribution in [0.4, 0.5) is 4.39 Å². The van der Waals surface area contributed by atoms with E-state index in [4.69, 9.17) is 5.73 Å². The number of primary amides is 1. The van der Waals surface area contributed by atoms with Crippen LogP contribution in [0, 0.1) is 18.7 Å². The fraction of sp³-hybridized carbons (Fsp3) is 0.300. The number of carbonyl (C=O) groups is 1. The Kier molecular flexibility index (Phi) is 9.77. The maximum Gasteiger partial charge on any atom is 0.222 e. The molecule has 0 bridgehead atoms. The minimum absolute atomic E-state index is 0. The van der Waals surface area contributed by atoms with E-state index in [0.717, 1.165) is 11.1 Å². The molecular formula is C20H26FIN4O. The summed E-state index contributed by atoms with van der Waals surface area (Å²) in [5.74, 6) is -0.533. The quantitative estimate of drug-likeness (QED) is 0.321. The molecule has 5 nitrogen and oxygen atoms in total. The Morgan fingerprint density at radius 1 is 1.15 bits per heavy atom. The van der Waals surface area contributed by atoms with Gasteiger partial charge in [0, 0.05) is 20.1 Å². The zero-order valence-electron chi connectivity index (χ0n) is 15.5. The Morgan fingerprint density at radius 3 is 2.44 bits per heavy atom. The molecule has 2 aromatic carbocycles. The first-order valence-electron chi connectivity index (χ1n) is 8.51. The molecule has 0 saturated carbocycles. The number of nitrogens with one attached hydrogen (secondary N) is 2. The summed E-state index contributed by atoms with van der Waals surface area (Å²) in [6, 6.07) is 14.3. The molecule has 4 N–H and O–H groups in total. The number of rotatable bonds is 7. The monoisotopic (exact) mass is 484 g/mol. The van der Waals surface area contributed by atoms with Crippen molar-refractivity contribution in [3.8, 4) is 0 Å². The highest BCUT2D eigenvalue weighted by molar-refractivity contribution is 14.0. The van der Waals surface area contributed by atoms with Gasteiger partial charge in [-0.2, -0.15) is 0 Å². The van der Waals surface area contributed by atoms with E-state index in [0.29, 0.717) is 25.5 Å². The van der Waals surface area contributed by atoms with Crippen LogP contribution in [0.3, 0.4) is 0 Å². The van der Waals surface area contributed by atoms with Gasteiger partial charge >= 0.3 is 0 Å². The Bertz CT molecular complexity index is 765. The number of nitrogens with zero attached hydrogens (tertiary/aromatic N) is 1. The van der Waals surface area contributed by atoms with Crippen LogP contribution in [0.5, 0.6) is 0 Å². The standard InChI is InChI=1S/C20H25FN4O.HI/c1-14-4-3-5-16(10-14)12-24-20(23-2)25-13-17(19(22)26)11-15-6-8-18(21)9-7-15;/h3-10,17H,11-13H2,1-2H3,(H2,22,26)(H2,23,24,25);1H. The molecule has 27 heavy (non-hydrogen) atoms. The lowest BCUT2D eigenvalue weighted by atomic mass is 9.98. The Morgan fingerprint density at radius 2 is 1.85 bits per heavy atom. The zero-order chi connectivity index (χ0) is 18.9. The molecule has 1 unspecified atom stereocenters. The van der Waals surface area contributed by atoms with Crippen molar-refractivity contribution in [3.05, 3.63) is 71.0 Å². The second kappa shape index (κ2) is 11.5. The summed E-state index contributed by atoms with van der Waals surface area (Å²) >= 11 is 0. The average molecular weight is 484 g/mol. The summed E-state index contributed by atoms with van der Waals surface area (Å²) < 4.78 is 13.0. The topological polar surface area (TPSA) is 79.5 Å². The first kappa shape index (κ1) is 22.9. The minimum atomic E-state index is -0.419. The maximum absolute atomic E-state index is 13.0. The van der Waals surface area contributed by atoms with E-state index in [9.17, 15) is 9.18 Å². The molecule has 2 aromatic rings. The van der Waals surface area contributed by atoms with E-state index in [1.165, 1.54) is 17.7 Å². The maximum atomic E-state index is 13.0. The van der Waals surface area contributed by atoms with Gasteiger partial charge in [-0.1, -0.05) is 42.0 Å². The summed E-state index contributed by atoms with van der Waals surface area (Å²) in [7, 11) is 1.67. The van der Waals surface area contributed by atoms with Crippen molar-refractivity contribution in [3.63, 3.8) is 0 Å². The van der Waals surface area contributed by atoms with Gasteiger partial charge in [0.25, 0.3) is 0 Å². The van der Waals surface area contributed by atoms with Gasteiger partial charge in [0.05, 0.1) is 5.92 Å². The van der Waals surface area contributed by atoms with Crippen molar-refractivity contribution in [2.75, 3.05) is 13.6 Å². The van der Waals surface area contributed by atoms with Gasteiger partial charge in [-0.3, -0.25) is 9.79 Å². The van der Waals surface area contributed by atoms with Crippen LogP contribution < -0.4 is 16.4 Å². The Hall–Kier alpha value is -2.16. The van der Waals surface area contributed by atoms with E-state index in [2.05, 4.69) is 21.7 Å². The number of hydrogen-bond donors (Lipinski definition) is 3. The van der Waals surface area contributed by atoms with Gasteiger partial charge in [0.15, 0.2) is 5.96 Å². The largest absolute Gasteiger partial charge is 0.369 e. The highest BCUT2D eigenvalue weighted by Gasteiger charge is 2.16. The molecule has 0 aliphatic heterocycles. The van der Waals surface area contributed by atoms with Gasteiger partial charge in [-0.05, 0) is 36.6 Å². The third kappa shape index (κ3) is 7.94. The van der Waals surface area contributed by atoms with Crippen molar-refractivity contribution in [2.45, 2.75) is 19.9 Å². The van der Waals surface area contributed by atoms with Crippen molar-refractivity contribution >= 4 is 35.8 Å². The van der Waals surface area contributed by atoms with Crippen LogP contribution in [0.15, 0.2) is 53.5 Å². The molecule has 0 radical (unpaired) electrons. The SMILES string of the molecule is CN=C(NCc1cccc(C)c1)NCC(Cc1ccc(F)cc1)C(N)=O.I. The average Bonchev–Trinajstić information content (AvgIpc) is 2.62. The molecule has 0 fully saturated rings. The molecule has 1 amide bonds. The highest BCUT2D eigenvalue weighted by atomic mass is 127. The van der Waals surface area contributed by atoms with Crippen molar-refractivity contribution in [1.29, 1.82) is 0 Å². The summed E-state index contributed by atoms with van der Waals surface area (Å²) in [6.07, 6.45) is 0.442. The van der Waals surface area contributed by atoms with Gasteiger partial charge in [-0.15, -0.1) is 24.0 Å². The van der Waals surface area contributed by atoms with E-state index >= 15 is 0 Å². The fourth-order valence-electron chi connectivity index (χ4n) is 2.63. The van der Waals surface area contributed by atoms with Crippen LogP contribution in [0.25, 0.3) is 0 Å². The molecule has 146 valence electrons. The van der Waals surface area contributed by atoms with Crippen LogP contribution in [0.2, 0.25) is 0 Å². The lowest BCUT2D eigenvalue weighted by Gasteiger charge is -2.17. The van der Waals surface area contributed by atoms with E-state index in [1.54, 1.807) is 19.2 Å². The predicted octanol–water partition coefficient (Wildman–Crippen LogP) is 2.76. The van der Waals surface area contributed by atoms with E-state index in [-0.39, 0.29) is 29.8 Å². The van der Waals surface area contributed by atoms with Gasteiger partial charge in [-0.25, -0.2) is 4.39 Å². The summed E-state index contributed by atoms with van der Waals surface area (Å²) in [6.45, 7) is 3.02. The summed E-state index contributed by atoms with van der Waals surface area (Å²) in [5, 5.41) is 6.35. The molecule has 7 heteroatoms. The van der Waals surface area contributed by atoms with Crippen LogP contribution in [-0.2, 0) is 17.8 Å². The first-order valence-corrected chi connectivity index (χ1v) is 8.51. The predicted molar refractivity (Wildman–Crippen MR) is 118 cm³/mol. The van der Waals surface area contributed by atoms with E-state index in [1.807, 2.05) is 25.1 Å². The number of aliphatic imine (C=N–C) groups is 1. The zero-order valence-corrected chi connectivity index (χ0v) is 17.9. The first-order chi connectivity index (χ1) is 12.5. The summed E-state index contributed by atoms with van der Waals surface area (Å²) in [5.41, 5.74) is 8.71. The highest BCUT2D eigenvalue weighted by Crippen LogP contribution is 2.09. The minimum Gasteiger partial charge on any atom is -0.369 e. The Labute approximate surface area is 176 Å². The lowest BCUT2D eigenvalue weighted by molar-refractivity contribution is -0.121. The molecule has 2 rings (SSSR count).